The van der Waals surface area contributed by atoms with Crippen LogP contribution in [0, 0.1) is 5.92 Å². The van der Waals surface area contributed by atoms with E-state index in [-0.39, 0.29) is 17.6 Å². The standard InChI is InChI=1S/C12H23NO3/c1-6-7-8(2)11(15)13-10(9(3)14)12(4,5)16/h8,10,16H,6-7H2,1-5H3,(H,13,15)/t8-,10+/m0/s1. The van der Waals surface area contributed by atoms with Crippen molar-refractivity contribution in [3.63, 3.8) is 0 Å². The monoisotopic (exact) mass is 229 g/mol. The van der Waals surface area contributed by atoms with Gasteiger partial charge in [0.25, 0.3) is 0 Å². The van der Waals surface area contributed by atoms with E-state index in [9.17, 15) is 14.7 Å². The van der Waals surface area contributed by atoms with Crippen LogP contribution in [-0.2, 0) is 9.59 Å². The maximum atomic E-state index is 11.7. The van der Waals surface area contributed by atoms with Crippen LogP contribution in [0.25, 0.3) is 0 Å². The molecule has 2 atom stereocenters. The first-order valence-corrected chi connectivity index (χ1v) is 5.73. The van der Waals surface area contributed by atoms with Gasteiger partial charge in [0.05, 0.1) is 5.60 Å². The van der Waals surface area contributed by atoms with Gasteiger partial charge in [-0.15, -0.1) is 0 Å². The van der Waals surface area contributed by atoms with E-state index in [2.05, 4.69) is 5.32 Å². The lowest BCUT2D eigenvalue weighted by molar-refractivity contribution is -0.134. The van der Waals surface area contributed by atoms with E-state index in [0.717, 1.165) is 12.8 Å². The molecule has 0 aliphatic rings. The Morgan fingerprint density at radius 2 is 1.88 bits per heavy atom. The van der Waals surface area contributed by atoms with Crippen LogP contribution in [0.1, 0.15) is 47.5 Å². The molecular weight excluding hydrogens is 206 g/mol. The van der Waals surface area contributed by atoms with Crippen LogP contribution in [0.5, 0.6) is 0 Å². The van der Waals surface area contributed by atoms with Gasteiger partial charge in [0.2, 0.25) is 5.91 Å². The quantitative estimate of drug-likeness (QED) is 0.720. The number of hydrogen-bond donors (Lipinski definition) is 2. The second-order valence-electron chi connectivity index (χ2n) is 4.90. The van der Waals surface area contributed by atoms with Crippen molar-refractivity contribution in [2.24, 2.45) is 5.92 Å². The number of nitrogens with one attached hydrogen (secondary N) is 1. The number of carbonyl (C=O) groups is 2. The summed E-state index contributed by atoms with van der Waals surface area (Å²) >= 11 is 0. The summed E-state index contributed by atoms with van der Waals surface area (Å²) in [7, 11) is 0. The van der Waals surface area contributed by atoms with Gasteiger partial charge in [-0.1, -0.05) is 20.3 Å². The van der Waals surface area contributed by atoms with Crippen LogP contribution >= 0.6 is 0 Å². The van der Waals surface area contributed by atoms with Gasteiger partial charge >= 0.3 is 0 Å². The predicted octanol–water partition coefficient (Wildman–Crippen LogP) is 1.27. The van der Waals surface area contributed by atoms with Crippen molar-refractivity contribution >= 4 is 11.7 Å². The van der Waals surface area contributed by atoms with Gasteiger partial charge in [-0.2, -0.15) is 0 Å². The van der Waals surface area contributed by atoms with Gasteiger partial charge in [0, 0.05) is 5.92 Å². The molecule has 0 radical (unpaired) electrons. The first kappa shape index (κ1) is 15.1. The summed E-state index contributed by atoms with van der Waals surface area (Å²) in [6.45, 7) is 8.23. The van der Waals surface area contributed by atoms with E-state index >= 15 is 0 Å². The molecule has 1 amide bonds. The smallest absolute Gasteiger partial charge is 0.223 e. The van der Waals surface area contributed by atoms with E-state index in [4.69, 9.17) is 0 Å². The number of ketones is 1. The molecule has 0 unspecified atom stereocenters. The molecule has 0 aromatic rings. The van der Waals surface area contributed by atoms with Crippen LogP contribution in [0.15, 0.2) is 0 Å². The van der Waals surface area contributed by atoms with E-state index in [1.165, 1.54) is 20.8 Å². The molecule has 0 spiro atoms. The first-order valence-electron chi connectivity index (χ1n) is 5.73. The molecular formula is C12H23NO3. The highest BCUT2D eigenvalue weighted by Gasteiger charge is 2.32. The summed E-state index contributed by atoms with van der Waals surface area (Å²) in [5, 5.41) is 12.4. The van der Waals surface area contributed by atoms with Crippen LogP contribution < -0.4 is 5.32 Å². The van der Waals surface area contributed by atoms with Crippen molar-refractivity contribution in [3.05, 3.63) is 0 Å². The Balaban J connectivity index is 4.54. The Morgan fingerprint density at radius 1 is 1.38 bits per heavy atom. The third-order valence-corrected chi connectivity index (χ3v) is 2.57. The number of amides is 1. The molecule has 0 rings (SSSR count). The van der Waals surface area contributed by atoms with E-state index in [1.807, 2.05) is 13.8 Å². The molecule has 0 fully saturated rings. The molecule has 0 bridgehead atoms. The van der Waals surface area contributed by atoms with Crippen molar-refractivity contribution in [2.75, 3.05) is 0 Å². The Hall–Kier alpha value is -0.900. The highest BCUT2D eigenvalue weighted by atomic mass is 16.3. The van der Waals surface area contributed by atoms with Crippen molar-refractivity contribution in [1.82, 2.24) is 5.32 Å². The average Bonchev–Trinajstić information content (AvgIpc) is 2.11. The van der Waals surface area contributed by atoms with E-state index in [1.54, 1.807) is 0 Å². The normalized spacial score (nSPS) is 15.4. The molecule has 0 aliphatic heterocycles. The van der Waals surface area contributed by atoms with Crippen molar-refractivity contribution in [2.45, 2.75) is 59.1 Å². The fourth-order valence-electron chi connectivity index (χ4n) is 1.62. The van der Waals surface area contributed by atoms with Gasteiger partial charge in [0.1, 0.15) is 6.04 Å². The largest absolute Gasteiger partial charge is 0.388 e. The number of hydrogen-bond acceptors (Lipinski definition) is 3. The first-order chi connectivity index (χ1) is 7.20. The van der Waals surface area contributed by atoms with Crippen LogP contribution in [0.4, 0.5) is 0 Å². The van der Waals surface area contributed by atoms with Crippen molar-refractivity contribution < 1.29 is 14.7 Å². The van der Waals surface area contributed by atoms with Gasteiger partial charge in [-0.05, 0) is 27.2 Å². The minimum Gasteiger partial charge on any atom is -0.388 e. The molecule has 94 valence electrons. The zero-order chi connectivity index (χ0) is 12.9. The second kappa shape index (κ2) is 5.99. The van der Waals surface area contributed by atoms with Crippen LogP contribution in [-0.4, -0.2) is 28.4 Å². The zero-order valence-electron chi connectivity index (χ0n) is 10.8. The fraction of sp³-hybridized carbons (Fsp3) is 0.833. The minimum atomic E-state index is -1.23. The third-order valence-electron chi connectivity index (χ3n) is 2.57. The maximum Gasteiger partial charge on any atom is 0.223 e. The summed E-state index contributed by atoms with van der Waals surface area (Å²) in [4.78, 5) is 23.1. The Morgan fingerprint density at radius 3 is 2.19 bits per heavy atom. The number of carbonyl (C=O) groups excluding carboxylic acids is 2. The number of rotatable bonds is 6. The van der Waals surface area contributed by atoms with Crippen LogP contribution in [0.2, 0.25) is 0 Å². The van der Waals surface area contributed by atoms with Crippen LogP contribution in [0.3, 0.4) is 0 Å². The molecule has 4 heteroatoms. The lowest BCUT2D eigenvalue weighted by Gasteiger charge is -2.29. The third kappa shape index (κ3) is 4.75. The number of Topliss-reactive ketones (excluding diaryl/α,β-unsaturated/α-hetero) is 1. The average molecular weight is 229 g/mol. The highest BCUT2D eigenvalue weighted by Crippen LogP contribution is 2.12. The molecule has 0 saturated carbocycles. The van der Waals surface area contributed by atoms with Crippen molar-refractivity contribution in [1.29, 1.82) is 0 Å². The lowest BCUT2D eigenvalue weighted by atomic mass is 9.94. The molecule has 0 saturated heterocycles. The molecule has 16 heavy (non-hydrogen) atoms. The zero-order valence-corrected chi connectivity index (χ0v) is 10.8. The van der Waals surface area contributed by atoms with Gasteiger partial charge in [0.15, 0.2) is 5.78 Å². The summed E-state index contributed by atoms with van der Waals surface area (Å²) in [5.41, 5.74) is -1.23. The molecule has 0 aromatic carbocycles. The SMILES string of the molecule is CCC[C@H](C)C(=O)N[C@H](C(C)=O)C(C)(C)O. The minimum absolute atomic E-state index is 0.130. The second-order valence-corrected chi connectivity index (χ2v) is 4.90. The molecule has 4 nitrogen and oxygen atoms in total. The predicted molar refractivity (Wildman–Crippen MR) is 63.0 cm³/mol. The highest BCUT2D eigenvalue weighted by molar-refractivity contribution is 5.89. The summed E-state index contributed by atoms with van der Waals surface area (Å²) in [5.74, 6) is -0.539. The van der Waals surface area contributed by atoms with Gasteiger partial charge < -0.3 is 10.4 Å². The Labute approximate surface area is 97.4 Å². The lowest BCUT2D eigenvalue weighted by Crippen LogP contribution is -2.54. The summed E-state index contributed by atoms with van der Waals surface area (Å²) in [6, 6.07) is -0.834. The molecule has 2 N–H and O–H groups in total. The van der Waals surface area contributed by atoms with Gasteiger partial charge in [-0.3, -0.25) is 9.59 Å². The maximum absolute atomic E-state index is 11.7. The van der Waals surface area contributed by atoms with E-state index < -0.39 is 11.6 Å². The summed E-state index contributed by atoms with van der Waals surface area (Å²) < 4.78 is 0. The van der Waals surface area contributed by atoms with Gasteiger partial charge in [-0.25, -0.2) is 0 Å². The molecule has 0 aliphatic carbocycles. The topological polar surface area (TPSA) is 66.4 Å². The molecule has 0 heterocycles. The van der Waals surface area contributed by atoms with E-state index in [0.29, 0.717) is 0 Å². The Kier molecular flexibility index (Phi) is 5.65. The summed E-state index contributed by atoms with van der Waals surface area (Å²) in [6.07, 6.45) is 1.70. The molecule has 0 aromatic heterocycles. The van der Waals surface area contributed by atoms with Crippen molar-refractivity contribution in [3.8, 4) is 0 Å². The Bertz CT molecular complexity index is 255. The fourth-order valence-corrected chi connectivity index (χ4v) is 1.62. The number of aliphatic hydroxyl groups is 1.